The van der Waals surface area contributed by atoms with E-state index in [1.54, 1.807) is 22.6 Å². The summed E-state index contributed by atoms with van der Waals surface area (Å²) < 4.78 is 32.3. The van der Waals surface area contributed by atoms with Crippen molar-refractivity contribution in [2.24, 2.45) is 23.7 Å². The van der Waals surface area contributed by atoms with Gasteiger partial charge in [-0.25, -0.2) is 8.78 Å². The molecule has 0 N–H and O–H groups in total. The van der Waals surface area contributed by atoms with E-state index in [2.05, 4.69) is 6.92 Å². The van der Waals surface area contributed by atoms with Gasteiger partial charge >= 0.3 is 5.97 Å². The van der Waals surface area contributed by atoms with E-state index in [4.69, 9.17) is 4.74 Å². The van der Waals surface area contributed by atoms with E-state index in [9.17, 15) is 13.6 Å². The first-order valence-electron chi connectivity index (χ1n) is 9.30. The first-order valence-corrected chi connectivity index (χ1v) is 10.4. The summed E-state index contributed by atoms with van der Waals surface area (Å²) >= 11 is 1.60. The molecule has 0 amide bonds. The quantitative estimate of drug-likeness (QED) is 0.235. The molecule has 0 radical (unpaired) electrons. The molecule has 2 aliphatic carbocycles. The third-order valence-corrected chi connectivity index (χ3v) is 7.04. The second kappa shape index (κ2) is 8.31. The molecule has 0 atom stereocenters. The lowest BCUT2D eigenvalue weighted by Gasteiger charge is -2.36. The van der Waals surface area contributed by atoms with Crippen molar-refractivity contribution in [2.75, 3.05) is 0 Å². The van der Waals surface area contributed by atoms with Crippen LogP contribution in [0.2, 0.25) is 0 Å². The Morgan fingerprint density at radius 1 is 0.960 bits per heavy atom. The minimum atomic E-state index is -0.696. The average molecular weight is 462 g/mol. The Morgan fingerprint density at radius 2 is 1.44 bits per heavy atom. The molecule has 0 aromatic heterocycles. The number of rotatable bonds is 3. The fourth-order valence-electron chi connectivity index (χ4n) is 4.37. The summed E-state index contributed by atoms with van der Waals surface area (Å²) in [6.07, 6.45) is 9.08. The Morgan fingerprint density at radius 3 is 1.96 bits per heavy atom. The van der Waals surface area contributed by atoms with Gasteiger partial charge in [0, 0.05) is 12.1 Å². The van der Waals surface area contributed by atoms with Crippen LogP contribution < -0.4 is 4.74 Å². The van der Waals surface area contributed by atoms with Crippen LogP contribution in [0.3, 0.4) is 0 Å². The van der Waals surface area contributed by atoms with Gasteiger partial charge in [0.1, 0.15) is 17.4 Å². The molecule has 138 valence electrons. The smallest absolute Gasteiger partial charge is 0.314 e. The molecule has 5 heteroatoms. The monoisotopic (exact) mass is 462 g/mol. The maximum absolute atomic E-state index is 13.6. The van der Waals surface area contributed by atoms with E-state index in [-0.39, 0.29) is 21.2 Å². The van der Waals surface area contributed by atoms with Crippen molar-refractivity contribution in [1.82, 2.24) is 0 Å². The SMILES string of the molecule is CC1CCC(C2CCC(C(=O)Oc3cc(F)c(I)c(F)c3)CC2)CC1. The molecule has 0 bridgehead atoms. The molecular weight excluding hydrogens is 437 g/mol. The molecule has 1 aromatic carbocycles. The van der Waals surface area contributed by atoms with Gasteiger partial charge in [0.2, 0.25) is 0 Å². The highest BCUT2D eigenvalue weighted by atomic mass is 127. The topological polar surface area (TPSA) is 26.3 Å². The van der Waals surface area contributed by atoms with Crippen LogP contribution in [0.4, 0.5) is 8.78 Å². The van der Waals surface area contributed by atoms with E-state index in [1.807, 2.05) is 0 Å². The maximum Gasteiger partial charge on any atom is 0.314 e. The Hall–Kier alpha value is -0.720. The summed E-state index contributed by atoms with van der Waals surface area (Å²) in [4.78, 5) is 12.3. The number of ether oxygens (including phenoxy) is 1. The predicted octanol–water partition coefficient (Wildman–Crippen LogP) is 6.11. The van der Waals surface area contributed by atoms with Crippen molar-refractivity contribution in [3.63, 3.8) is 0 Å². The Kier molecular flexibility index (Phi) is 6.34. The Balaban J connectivity index is 1.52. The van der Waals surface area contributed by atoms with Crippen LogP contribution in [0, 0.1) is 38.9 Å². The number of carbonyl (C=O) groups is 1. The predicted molar refractivity (Wildman–Crippen MR) is 101 cm³/mol. The van der Waals surface area contributed by atoms with Gasteiger partial charge < -0.3 is 4.74 Å². The number of hydrogen-bond acceptors (Lipinski definition) is 2. The first-order chi connectivity index (χ1) is 11.9. The number of carbonyl (C=O) groups excluding carboxylic acids is 1. The number of halogens is 3. The van der Waals surface area contributed by atoms with E-state index in [0.717, 1.165) is 55.6 Å². The molecule has 2 saturated carbocycles. The van der Waals surface area contributed by atoms with Gasteiger partial charge in [0.15, 0.2) is 0 Å². The molecule has 2 aliphatic rings. The normalized spacial score (nSPS) is 30.1. The molecule has 25 heavy (non-hydrogen) atoms. The third-order valence-electron chi connectivity index (χ3n) is 6.01. The standard InChI is InChI=1S/C20H25F2IO2/c1-12-2-4-13(5-3-12)14-6-8-15(9-7-14)20(24)25-16-10-17(21)19(23)18(22)11-16/h10-15H,2-9H2,1H3. The number of hydrogen-bond donors (Lipinski definition) is 0. The Labute approximate surface area is 161 Å². The average Bonchev–Trinajstić information content (AvgIpc) is 2.60. The molecule has 0 saturated heterocycles. The maximum atomic E-state index is 13.6. The molecule has 1 aromatic rings. The summed E-state index contributed by atoms with van der Waals surface area (Å²) in [5.74, 6) is 0.468. The first kappa shape index (κ1) is 19.1. The summed E-state index contributed by atoms with van der Waals surface area (Å²) in [7, 11) is 0. The molecule has 0 aliphatic heterocycles. The molecule has 0 unspecified atom stereocenters. The van der Waals surface area contributed by atoms with Crippen LogP contribution in [0.5, 0.6) is 5.75 Å². The fourth-order valence-corrected chi connectivity index (χ4v) is 4.69. The van der Waals surface area contributed by atoms with Gasteiger partial charge in [-0.1, -0.05) is 19.8 Å². The van der Waals surface area contributed by atoms with Crippen LogP contribution >= 0.6 is 22.6 Å². The van der Waals surface area contributed by atoms with Crippen molar-refractivity contribution in [2.45, 2.75) is 58.3 Å². The summed E-state index contributed by atoms with van der Waals surface area (Å²) in [5, 5.41) is 0. The zero-order valence-electron chi connectivity index (χ0n) is 14.6. The largest absolute Gasteiger partial charge is 0.426 e. The van der Waals surface area contributed by atoms with Gasteiger partial charge in [0.25, 0.3) is 0 Å². The zero-order chi connectivity index (χ0) is 18.0. The minimum absolute atomic E-state index is 0.0381. The van der Waals surface area contributed by atoms with Gasteiger partial charge in [-0.15, -0.1) is 0 Å². The third kappa shape index (κ3) is 4.72. The van der Waals surface area contributed by atoms with Crippen molar-refractivity contribution in [3.05, 3.63) is 27.3 Å². The zero-order valence-corrected chi connectivity index (χ0v) is 16.7. The van der Waals surface area contributed by atoms with E-state index in [0.29, 0.717) is 0 Å². The van der Waals surface area contributed by atoms with Crippen LogP contribution in [-0.2, 0) is 4.79 Å². The van der Waals surface area contributed by atoms with Gasteiger partial charge in [-0.3, -0.25) is 4.79 Å². The lowest BCUT2D eigenvalue weighted by Crippen LogP contribution is -2.29. The number of benzene rings is 1. The molecule has 0 spiro atoms. The lowest BCUT2D eigenvalue weighted by atomic mass is 9.69. The van der Waals surface area contributed by atoms with Crippen molar-refractivity contribution >= 4 is 28.6 Å². The molecule has 0 heterocycles. The molecule has 2 fully saturated rings. The van der Waals surface area contributed by atoms with E-state index in [1.165, 1.54) is 25.7 Å². The van der Waals surface area contributed by atoms with Gasteiger partial charge in [0.05, 0.1) is 9.49 Å². The van der Waals surface area contributed by atoms with Gasteiger partial charge in [-0.2, -0.15) is 0 Å². The van der Waals surface area contributed by atoms with Crippen molar-refractivity contribution in [3.8, 4) is 5.75 Å². The highest BCUT2D eigenvalue weighted by Gasteiger charge is 2.33. The summed E-state index contributed by atoms with van der Waals surface area (Å²) in [6.45, 7) is 2.33. The van der Waals surface area contributed by atoms with Crippen molar-refractivity contribution in [1.29, 1.82) is 0 Å². The molecular formula is C20H25F2IO2. The highest BCUT2D eigenvalue weighted by Crippen LogP contribution is 2.41. The second-order valence-electron chi connectivity index (χ2n) is 7.75. The van der Waals surface area contributed by atoms with Crippen LogP contribution in [0.25, 0.3) is 0 Å². The summed E-state index contributed by atoms with van der Waals surface area (Å²) in [6, 6.07) is 2.16. The highest BCUT2D eigenvalue weighted by molar-refractivity contribution is 14.1. The van der Waals surface area contributed by atoms with Crippen LogP contribution in [0.15, 0.2) is 12.1 Å². The summed E-state index contributed by atoms with van der Waals surface area (Å²) in [5.41, 5.74) is 0. The van der Waals surface area contributed by atoms with E-state index >= 15 is 0 Å². The fraction of sp³-hybridized carbons (Fsp3) is 0.650. The number of esters is 1. The van der Waals surface area contributed by atoms with Crippen LogP contribution in [0.1, 0.15) is 58.3 Å². The second-order valence-corrected chi connectivity index (χ2v) is 8.83. The molecule has 2 nitrogen and oxygen atoms in total. The Bertz CT molecular complexity index is 595. The molecule has 3 rings (SSSR count). The van der Waals surface area contributed by atoms with Crippen molar-refractivity contribution < 1.29 is 18.3 Å². The minimum Gasteiger partial charge on any atom is -0.426 e. The lowest BCUT2D eigenvalue weighted by molar-refractivity contribution is -0.140. The van der Waals surface area contributed by atoms with Gasteiger partial charge in [-0.05, 0) is 78.9 Å². The van der Waals surface area contributed by atoms with Crippen LogP contribution in [-0.4, -0.2) is 5.97 Å². The van der Waals surface area contributed by atoms with E-state index < -0.39 is 11.6 Å².